The van der Waals surface area contributed by atoms with Crippen LogP contribution in [0.1, 0.15) is 16.3 Å². The van der Waals surface area contributed by atoms with Gasteiger partial charge in [0.2, 0.25) is 0 Å². The molecule has 5 nitrogen and oxygen atoms in total. The number of amides is 1. The summed E-state index contributed by atoms with van der Waals surface area (Å²) >= 11 is 3.18. The summed E-state index contributed by atoms with van der Waals surface area (Å²) in [4.78, 5) is 11.9. The van der Waals surface area contributed by atoms with E-state index in [0.29, 0.717) is 16.0 Å². The second kappa shape index (κ2) is 5.34. The highest BCUT2D eigenvalue weighted by atomic mass is 79.9. The number of carbonyl (C=O) groups is 1. The van der Waals surface area contributed by atoms with Crippen molar-refractivity contribution in [1.82, 2.24) is 5.43 Å². The van der Waals surface area contributed by atoms with Crippen LogP contribution in [-0.4, -0.2) is 12.1 Å². The molecule has 1 aromatic carbocycles. The maximum atomic E-state index is 11.9. The Bertz CT molecular complexity index is 755. The zero-order valence-electron chi connectivity index (χ0n) is 10.2. The predicted molar refractivity (Wildman–Crippen MR) is 77.7 cm³/mol. The quantitative estimate of drug-likeness (QED) is 0.589. The molecule has 1 amide bonds. The number of hydrogen-bond donors (Lipinski definition) is 1. The van der Waals surface area contributed by atoms with Crippen LogP contribution in [0.4, 0.5) is 0 Å². The van der Waals surface area contributed by atoms with E-state index in [9.17, 15) is 4.79 Å². The van der Waals surface area contributed by atoms with Crippen molar-refractivity contribution in [1.29, 1.82) is 0 Å². The van der Waals surface area contributed by atoms with Gasteiger partial charge in [-0.05, 0) is 40.2 Å². The van der Waals surface area contributed by atoms with Gasteiger partial charge in [-0.1, -0.05) is 18.2 Å². The minimum Gasteiger partial charge on any atom is -0.451 e. The van der Waals surface area contributed by atoms with Crippen LogP contribution < -0.4 is 5.43 Å². The van der Waals surface area contributed by atoms with Crippen molar-refractivity contribution in [2.45, 2.75) is 0 Å². The maximum Gasteiger partial charge on any atom is 0.307 e. The van der Waals surface area contributed by atoms with Gasteiger partial charge in [0.25, 0.3) is 0 Å². The van der Waals surface area contributed by atoms with E-state index in [4.69, 9.17) is 8.83 Å². The molecule has 2 aromatic heterocycles. The Morgan fingerprint density at radius 3 is 2.80 bits per heavy atom. The third kappa shape index (κ3) is 2.65. The van der Waals surface area contributed by atoms with Gasteiger partial charge in [0.05, 0.1) is 6.21 Å². The number of rotatable bonds is 3. The third-order valence-corrected chi connectivity index (χ3v) is 3.03. The van der Waals surface area contributed by atoms with Crippen molar-refractivity contribution in [3.05, 3.63) is 58.7 Å². The van der Waals surface area contributed by atoms with Crippen LogP contribution in [0.25, 0.3) is 11.0 Å². The Morgan fingerprint density at radius 2 is 2.05 bits per heavy atom. The average Bonchev–Trinajstić information content (AvgIpc) is 3.04. The van der Waals surface area contributed by atoms with Gasteiger partial charge in [-0.25, -0.2) is 5.43 Å². The van der Waals surface area contributed by atoms with Gasteiger partial charge in [0, 0.05) is 5.39 Å². The average molecular weight is 333 g/mol. The van der Waals surface area contributed by atoms with Crippen LogP contribution in [0, 0.1) is 0 Å². The van der Waals surface area contributed by atoms with E-state index in [1.807, 2.05) is 18.2 Å². The molecule has 0 spiro atoms. The Morgan fingerprint density at radius 1 is 1.20 bits per heavy atom. The smallest absolute Gasteiger partial charge is 0.307 e. The van der Waals surface area contributed by atoms with Gasteiger partial charge < -0.3 is 8.83 Å². The lowest BCUT2D eigenvalue weighted by Gasteiger charge is -1.93. The number of fused-ring (bicyclic) bond motifs is 1. The van der Waals surface area contributed by atoms with Crippen molar-refractivity contribution in [3.8, 4) is 0 Å². The molecular formula is C14H9BrN2O3. The first-order valence-electron chi connectivity index (χ1n) is 5.80. The molecular weight excluding hydrogens is 324 g/mol. The molecule has 0 atom stereocenters. The molecule has 0 saturated heterocycles. The highest BCUT2D eigenvalue weighted by molar-refractivity contribution is 9.10. The molecule has 0 saturated carbocycles. The van der Waals surface area contributed by atoms with Crippen LogP contribution in [-0.2, 0) is 0 Å². The van der Waals surface area contributed by atoms with Crippen LogP contribution in [0.15, 0.2) is 61.1 Å². The highest BCUT2D eigenvalue weighted by Crippen LogP contribution is 2.18. The number of hydrazone groups is 1. The zero-order chi connectivity index (χ0) is 13.9. The Kier molecular flexibility index (Phi) is 3.39. The molecule has 0 radical (unpaired) electrons. The maximum absolute atomic E-state index is 11.9. The number of benzene rings is 1. The summed E-state index contributed by atoms with van der Waals surface area (Å²) in [7, 11) is 0. The molecule has 3 aromatic rings. The first-order valence-corrected chi connectivity index (χ1v) is 6.59. The molecule has 3 rings (SSSR count). The van der Waals surface area contributed by atoms with Gasteiger partial charge in [0.1, 0.15) is 11.3 Å². The second-order valence-electron chi connectivity index (χ2n) is 3.99. The minimum atomic E-state index is -0.414. The molecule has 20 heavy (non-hydrogen) atoms. The normalized spacial score (nSPS) is 11.2. The van der Waals surface area contributed by atoms with E-state index < -0.39 is 5.91 Å². The molecule has 0 unspecified atom stereocenters. The largest absolute Gasteiger partial charge is 0.451 e. The molecule has 0 fully saturated rings. The van der Waals surface area contributed by atoms with Gasteiger partial charge in [0.15, 0.2) is 10.4 Å². The monoisotopic (exact) mass is 332 g/mol. The van der Waals surface area contributed by atoms with Gasteiger partial charge in [-0.3, -0.25) is 4.79 Å². The van der Waals surface area contributed by atoms with E-state index in [2.05, 4.69) is 26.5 Å². The van der Waals surface area contributed by atoms with Crippen LogP contribution in [0.5, 0.6) is 0 Å². The van der Waals surface area contributed by atoms with Gasteiger partial charge >= 0.3 is 5.91 Å². The Labute approximate surface area is 122 Å². The lowest BCUT2D eigenvalue weighted by molar-refractivity contribution is 0.0929. The van der Waals surface area contributed by atoms with Crippen molar-refractivity contribution >= 4 is 39.0 Å². The summed E-state index contributed by atoms with van der Waals surface area (Å²) < 4.78 is 11.2. The number of carbonyl (C=O) groups excluding carboxylic acids is 1. The van der Waals surface area contributed by atoms with Crippen molar-refractivity contribution in [2.75, 3.05) is 0 Å². The topological polar surface area (TPSA) is 67.7 Å². The van der Waals surface area contributed by atoms with Crippen LogP contribution in [0.2, 0.25) is 0 Å². The summed E-state index contributed by atoms with van der Waals surface area (Å²) in [6, 6.07) is 12.5. The fourth-order valence-corrected chi connectivity index (χ4v) is 2.02. The van der Waals surface area contributed by atoms with E-state index >= 15 is 0 Å². The number of hydrogen-bond acceptors (Lipinski definition) is 4. The molecule has 2 heterocycles. The predicted octanol–water partition coefficient (Wildman–Crippen LogP) is 3.55. The first-order chi connectivity index (χ1) is 9.72. The third-order valence-electron chi connectivity index (χ3n) is 2.60. The zero-order valence-corrected chi connectivity index (χ0v) is 11.8. The Balaban J connectivity index is 1.71. The lowest BCUT2D eigenvalue weighted by Crippen LogP contribution is -2.16. The molecule has 0 bridgehead atoms. The van der Waals surface area contributed by atoms with Crippen molar-refractivity contribution in [3.63, 3.8) is 0 Å². The number of nitrogens with one attached hydrogen (secondary N) is 1. The molecule has 0 aliphatic heterocycles. The SMILES string of the molecule is O=C(NN=Cc1ccc(Br)o1)c1cc2ccccc2o1. The summed E-state index contributed by atoms with van der Waals surface area (Å²) in [6.07, 6.45) is 1.41. The number of para-hydroxylation sites is 1. The Hall–Kier alpha value is -2.34. The molecule has 6 heteroatoms. The van der Waals surface area contributed by atoms with Crippen LogP contribution >= 0.6 is 15.9 Å². The van der Waals surface area contributed by atoms with Crippen LogP contribution in [0.3, 0.4) is 0 Å². The summed E-state index contributed by atoms with van der Waals surface area (Å²) in [5, 5.41) is 4.67. The van der Waals surface area contributed by atoms with Gasteiger partial charge in [-0.15, -0.1) is 0 Å². The molecule has 0 aliphatic rings. The standard InChI is InChI=1S/C14H9BrN2O3/c15-13-6-5-10(19-13)8-16-17-14(18)12-7-9-3-1-2-4-11(9)20-12/h1-8H,(H,17,18). The van der Waals surface area contributed by atoms with E-state index in [-0.39, 0.29) is 5.76 Å². The van der Waals surface area contributed by atoms with Crippen molar-refractivity contribution < 1.29 is 13.6 Å². The van der Waals surface area contributed by atoms with E-state index in [1.165, 1.54) is 6.21 Å². The van der Waals surface area contributed by atoms with Crippen molar-refractivity contribution in [2.24, 2.45) is 5.10 Å². The van der Waals surface area contributed by atoms with E-state index in [0.717, 1.165) is 5.39 Å². The fourth-order valence-electron chi connectivity index (χ4n) is 1.70. The number of nitrogens with zero attached hydrogens (tertiary/aromatic N) is 1. The van der Waals surface area contributed by atoms with Gasteiger partial charge in [-0.2, -0.15) is 5.10 Å². The highest BCUT2D eigenvalue weighted by Gasteiger charge is 2.10. The first kappa shape index (κ1) is 12.7. The number of furan rings is 2. The van der Waals surface area contributed by atoms with E-state index in [1.54, 1.807) is 24.3 Å². The summed E-state index contributed by atoms with van der Waals surface area (Å²) in [5.41, 5.74) is 3.04. The minimum absolute atomic E-state index is 0.212. The molecule has 100 valence electrons. The molecule has 1 N–H and O–H groups in total. The summed E-state index contributed by atoms with van der Waals surface area (Å²) in [5.74, 6) is 0.328. The number of halogens is 1. The fraction of sp³-hybridized carbons (Fsp3) is 0. The lowest BCUT2D eigenvalue weighted by atomic mass is 10.2. The summed E-state index contributed by atoms with van der Waals surface area (Å²) in [6.45, 7) is 0. The molecule has 0 aliphatic carbocycles. The second-order valence-corrected chi connectivity index (χ2v) is 4.77.